The van der Waals surface area contributed by atoms with Crippen LogP contribution >= 0.6 is 0 Å². The quantitative estimate of drug-likeness (QED) is 0.659. The first kappa shape index (κ1) is 12.8. The maximum Gasteiger partial charge on any atom is 0.169 e. The van der Waals surface area contributed by atoms with Crippen LogP contribution in [0, 0.1) is 0 Å². The van der Waals surface area contributed by atoms with Crippen LogP contribution < -0.4 is 16.5 Å². The smallest absolute Gasteiger partial charge is 0.169 e. The van der Waals surface area contributed by atoms with Gasteiger partial charge in [0.2, 0.25) is 0 Å². The van der Waals surface area contributed by atoms with Gasteiger partial charge in [-0.2, -0.15) is 0 Å². The highest BCUT2D eigenvalue weighted by molar-refractivity contribution is 5.73. The molecule has 1 aliphatic rings. The predicted molar refractivity (Wildman–Crippen MR) is 71.2 cm³/mol. The van der Waals surface area contributed by atoms with Crippen molar-refractivity contribution in [2.24, 2.45) is 0 Å². The monoisotopic (exact) mass is 252 g/mol. The lowest BCUT2D eigenvalue weighted by Crippen LogP contribution is -2.23. The molecular formula is C11H20N6O. The van der Waals surface area contributed by atoms with Gasteiger partial charge in [-0.3, -0.25) is 0 Å². The fourth-order valence-corrected chi connectivity index (χ4v) is 1.85. The second-order valence-electron chi connectivity index (χ2n) is 4.51. The van der Waals surface area contributed by atoms with Crippen molar-refractivity contribution in [1.29, 1.82) is 0 Å². The second-order valence-corrected chi connectivity index (χ2v) is 4.51. The van der Waals surface area contributed by atoms with E-state index in [1.165, 1.54) is 6.33 Å². The molecule has 0 saturated carbocycles. The Morgan fingerprint density at radius 2 is 2.22 bits per heavy atom. The zero-order chi connectivity index (χ0) is 13.0. The maximum atomic E-state index is 6.00. The van der Waals surface area contributed by atoms with Crippen LogP contribution in [0.5, 0.6) is 0 Å². The Balaban J connectivity index is 1.98. The van der Waals surface area contributed by atoms with E-state index < -0.39 is 0 Å². The summed E-state index contributed by atoms with van der Waals surface area (Å²) in [6, 6.07) is 0. The van der Waals surface area contributed by atoms with E-state index in [1.807, 2.05) is 14.1 Å². The third-order valence-electron chi connectivity index (χ3n) is 2.73. The normalized spacial score (nSPS) is 19.2. The standard InChI is InChI=1S/C11H20N6O/c1-17(2)16-11-9(12)10(14-7-15-11)13-6-8-4-3-5-18-8/h7-8H,3-6,12H2,1-2H3,(H2,13,14,15,16). The molecule has 1 aromatic rings. The van der Waals surface area contributed by atoms with Crippen molar-refractivity contribution in [1.82, 2.24) is 15.0 Å². The summed E-state index contributed by atoms with van der Waals surface area (Å²) >= 11 is 0. The predicted octanol–water partition coefficient (Wildman–Crippen LogP) is 0.538. The van der Waals surface area contributed by atoms with E-state index in [9.17, 15) is 0 Å². The van der Waals surface area contributed by atoms with Crippen LogP contribution in [0.15, 0.2) is 6.33 Å². The molecule has 0 aromatic carbocycles. The SMILES string of the molecule is CN(C)Nc1ncnc(NCC2CCCO2)c1N. The summed E-state index contributed by atoms with van der Waals surface area (Å²) in [7, 11) is 3.75. The molecule has 1 fully saturated rings. The van der Waals surface area contributed by atoms with Crippen LogP contribution in [0.25, 0.3) is 0 Å². The average Bonchev–Trinajstić information content (AvgIpc) is 2.83. The van der Waals surface area contributed by atoms with E-state index in [0.717, 1.165) is 26.0 Å². The highest BCUT2D eigenvalue weighted by Gasteiger charge is 2.16. The molecule has 0 spiro atoms. The number of ether oxygens (including phenoxy) is 1. The van der Waals surface area contributed by atoms with Crippen LogP contribution in [0.4, 0.5) is 17.3 Å². The lowest BCUT2D eigenvalue weighted by atomic mass is 10.2. The Morgan fingerprint density at radius 1 is 1.44 bits per heavy atom. The van der Waals surface area contributed by atoms with E-state index in [4.69, 9.17) is 10.5 Å². The van der Waals surface area contributed by atoms with Gasteiger partial charge < -0.3 is 21.2 Å². The molecule has 1 unspecified atom stereocenters. The highest BCUT2D eigenvalue weighted by atomic mass is 16.5. The minimum Gasteiger partial charge on any atom is -0.393 e. The van der Waals surface area contributed by atoms with Crippen LogP contribution in [-0.4, -0.2) is 48.3 Å². The minimum absolute atomic E-state index is 0.254. The third kappa shape index (κ3) is 3.21. The first-order chi connectivity index (χ1) is 8.66. The molecule has 0 radical (unpaired) electrons. The van der Waals surface area contributed by atoms with E-state index in [-0.39, 0.29) is 6.10 Å². The maximum absolute atomic E-state index is 6.00. The number of nitrogens with zero attached hydrogens (tertiary/aromatic N) is 3. The first-order valence-electron chi connectivity index (χ1n) is 6.06. The van der Waals surface area contributed by atoms with Crippen molar-refractivity contribution in [3.8, 4) is 0 Å². The molecule has 2 heterocycles. The third-order valence-corrected chi connectivity index (χ3v) is 2.73. The average molecular weight is 252 g/mol. The van der Waals surface area contributed by atoms with Gasteiger partial charge in [-0.25, -0.2) is 15.0 Å². The van der Waals surface area contributed by atoms with Gasteiger partial charge in [-0.15, -0.1) is 0 Å². The van der Waals surface area contributed by atoms with Gasteiger partial charge in [0.05, 0.1) is 6.10 Å². The molecule has 0 aliphatic carbocycles. The van der Waals surface area contributed by atoms with E-state index in [0.29, 0.717) is 17.3 Å². The van der Waals surface area contributed by atoms with Gasteiger partial charge in [0.25, 0.3) is 0 Å². The molecule has 18 heavy (non-hydrogen) atoms. The number of hydrogen-bond donors (Lipinski definition) is 3. The summed E-state index contributed by atoms with van der Waals surface area (Å²) in [4.78, 5) is 8.24. The molecule has 4 N–H and O–H groups in total. The van der Waals surface area contributed by atoms with Crippen molar-refractivity contribution in [2.75, 3.05) is 43.7 Å². The van der Waals surface area contributed by atoms with Gasteiger partial charge >= 0.3 is 0 Å². The lowest BCUT2D eigenvalue weighted by molar-refractivity contribution is 0.120. The highest BCUT2D eigenvalue weighted by Crippen LogP contribution is 2.23. The zero-order valence-corrected chi connectivity index (χ0v) is 10.8. The molecule has 100 valence electrons. The summed E-state index contributed by atoms with van der Waals surface area (Å²) in [5.74, 6) is 1.25. The molecule has 7 nitrogen and oxygen atoms in total. The van der Waals surface area contributed by atoms with E-state index in [2.05, 4.69) is 20.7 Å². The van der Waals surface area contributed by atoms with Gasteiger partial charge in [0.1, 0.15) is 12.0 Å². The molecule has 2 rings (SSSR count). The van der Waals surface area contributed by atoms with Gasteiger partial charge in [0, 0.05) is 27.2 Å². The fourth-order valence-electron chi connectivity index (χ4n) is 1.85. The number of aromatic nitrogens is 2. The fraction of sp³-hybridized carbons (Fsp3) is 0.636. The molecule has 0 amide bonds. The molecule has 1 aliphatic heterocycles. The molecule has 7 heteroatoms. The van der Waals surface area contributed by atoms with Crippen molar-refractivity contribution in [2.45, 2.75) is 18.9 Å². The van der Waals surface area contributed by atoms with Crippen LogP contribution in [0.2, 0.25) is 0 Å². The van der Waals surface area contributed by atoms with Gasteiger partial charge in [0.15, 0.2) is 11.6 Å². The summed E-state index contributed by atoms with van der Waals surface area (Å²) in [6.07, 6.45) is 3.95. The van der Waals surface area contributed by atoms with E-state index >= 15 is 0 Å². The van der Waals surface area contributed by atoms with Crippen LogP contribution in [0.1, 0.15) is 12.8 Å². The Hall–Kier alpha value is -1.60. The molecule has 1 atom stereocenters. The van der Waals surface area contributed by atoms with E-state index in [1.54, 1.807) is 5.01 Å². The Bertz CT molecular complexity index is 391. The van der Waals surface area contributed by atoms with Crippen molar-refractivity contribution < 1.29 is 4.74 Å². The topological polar surface area (TPSA) is 88.3 Å². The number of anilines is 3. The van der Waals surface area contributed by atoms with Crippen LogP contribution in [-0.2, 0) is 4.74 Å². The summed E-state index contributed by atoms with van der Waals surface area (Å²) < 4.78 is 5.54. The Kier molecular flexibility index (Phi) is 4.16. The number of hydrazine groups is 1. The van der Waals surface area contributed by atoms with Crippen molar-refractivity contribution >= 4 is 17.3 Å². The first-order valence-corrected chi connectivity index (χ1v) is 6.06. The van der Waals surface area contributed by atoms with Crippen molar-refractivity contribution in [3.63, 3.8) is 0 Å². The molecule has 1 saturated heterocycles. The minimum atomic E-state index is 0.254. The van der Waals surface area contributed by atoms with Gasteiger partial charge in [-0.05, 0) is 12.8 Å². The number of nitrogens with two attached hydrogens (primary N) is 1. The number of hydrogen-bond acceptors (Lipinski definition) is 7. The Labute approximate surface area is 107 Å². The summed E-state index contributed by atoms with van der Waals surface area (Å²) in [5, 5.41) is 4.99. The summed E-state index contributed by atoms with van der Waals surface area (Å²) in [5.41, 5.74) is 9.54. The summed E-state index contributed by atoms with van der Waals surface area (Å²) in [6.45, 7) is 1.57. The largest absolute Gasteiger partial charge is 0.393 e. The number of rotatable bonds is 5. The van der Waals surface area contributed by atoms with Crippen molar-refractivity contribution in [3.05, 3.63) is 6.33 Å². The molecule has 1 aromatic heterocycles. The molecule has 0 bridgehead atoms. The second kappa shape index (κ2) is 5.83. The zero-order valence-electron chi connectivity index (χ0n) is 10.8. The van der Waals surface area contributed by atoms with Gasteiger partial charge in [-0.1, -0.05) is 0 Å². The lowest BCUT2D eigenvalue weighted by Gasteiger charge is -2.17. The molecular weight excluding hydrogens is 232 g/mol. The number of nitrogen functional groups attached to an aromatic ring is 1. The van der Waals surface area contributed by atoms with Crippen LogP contribution in [0.3, 0.4) is 0 Å². The number of nitrogens with one attached hydrogen (secondary N) is 2. The Morgan fingerprint density at radius 3 is 2.89 bits per heavy atom.